The quantitative estimate of drug-likeness (QED) is 0.808. The second kappa shape index (κ2) is 4.61. The summed E-state index contributed by atoms with van der Waals surface area (Å²) in [5, 5.41) is 0. The van der Waals surface area contributed by atoms with E-state index < -0.39 is 5.54 Å². The molecule has 0 amide bonds. The summed E-state index contributed by atoms with van der Waals surface area (Å²) in [6, 6.07) is 8.03. The molecule has 1 aliphatic rings. The summed E-state index contributed by atoms with van der Waals surface area (Å²) < 4.78 is 0. The minimum Gasteiger partial charge on any atom is -0.319 e. The fraction of sp³-hybridized carbons (Fsp3) is 0.533. The van der Waals surface area contributed by atoms with Gasteiger partial charge in [0.05, 0.1) is 5.54 Å². The number of carbonyl (C=O) groups is 1. The van der Waals surface area contributed by atoms with Crippen LogP contribution >= 0.6 is 0 Å². The van der Waals surface area contributed by atoms with Gasteiger partial charge in [-0.25, -0.2) is 0 Å². The molecule has 0 aromatic heterocycles. The van der Waals surface area contributed by atoms with Gasteiger partial charge in [-0.3, -0.25) is 4.79 Å². The third-order valence-corrected chi connectivity index (χ3v) is 4.00. The lowest BCUT2D eigenvalue weighted by atomic mass is 9.79. The zero-order chi connectivity index (χ0) is 12.5. The first-order valence-corrected chi connectivity index (χ1v) is 6.48. The Kier molecular flexibility index (Phi) is 3.34. The summed E-state index contributed by atoms with van der Waals surface area (Å²) in [5.41, 5.74) is 7.34. The summed E-state index contributed by atoms with van der Waals surface area (Å²) in [6.07, 6.45) is 4.58. The summed E-state index contributed by atoms with van der Waals surface area (Å²) in [7, 11) is 0. The zero-order valence-electron chi connectivity index (χ0n) is 10.7. The molecule has 1 aromatic rings. The number of hydrogen-bond acceptors (Lipinski definition) is 2. The van der Waals surface area contributed by atoms with Crippen LogP contribution in [0.1, 0.15) is 61.4 Å². The standard InChI is InChI=1S/C15H21NO/c1-3-15(2,16)14(17)13-9-7-12(8-10-13)11-5-4-6-11/h7-11H,3-6,16H2,1-2H3. The lowest BCUT2D eigenvalue weighted by Crippen LogP contribution is -2.44. The minimum absolute atomic E-state index is 0.0418. The van der Waals surface area contributed by atoms with Crippen LogP contribution in [0.2, 0.25) is 0 Å². The van der Waals surface area contributed by atoms with E-state index in [0.29, 0.717) is 6.42 Å². The third-order valence-electron chi connectivity index (χ3n) is 4.00. The van der Waals surface area contributed by atoms with Crippen molar-refractivity contribution in [1.29, 1.82) is 0 Å². The second-order valence-electron chi connectivity index (χ2n) is 5.35. The van der Waals surface area contributed by atoms with Gasteiger partial charge in [0.25, 0.3) is 0 Å². The molecule has 1 fully saturated rings. The van der Waals surface area contributed by atoms with Crippen LogP contribution in [0.25, 0.3) is 0 Å². The van der Waals surface area contributed by atoms with E-state index in [4.69, 9.17) is 5.73 Å². The molecule has 1 aliphatic carbocycles. The topological polar surface area (TPSA) is 43.1 Å². The molecule has 1 unspecified atom stereocenters. The largest absolute Gasteiger partial charge is 0.319 e. The first-order valence-electron chi connectivity index (χ1n) is 6.48. The number of carbonyl (C=O) groups excluding carboxylic acids is 1. The maximum Gasteiger partial charge on any atom is 0.182 e. The molecule has 1 atom stereocenters. The first-order chi connectivity index (χ1) is 8.04. The third kappa shape index (κ3) is 2.42. The summed E-state index contributed by atoms with van der Waals surface area (Å²) in [5.74, 6) is 0.759. The van der Waals surface area contributed by atoms with Gasteiger partial charge in [-0.15, -0.1) is 0 Å². The van der Waals surface area contributed by atoms with E-state index in [9.17, 15) is 4.79 Å². The van der Waals surface area contributed by atoms with Crippen LogP contribution in [-0.4, -0.2) is 11.3 Å². The van der Waals surface area contributed by atoms with E-state index in [-0.39, 0.29) is 5.78 Å². The van der Waals surface area contributed by atoms with E-state index >= 15 is 0 Å². The fourth-order valence-electron chi connectivity index (χ4n) is 2.14. The van der Waals surface area contributed by atoms with Gasteiger partial charge in [-0.2, -0.15) is 0 Å². The second-order valence-corrected chi connectivity index (χ2v) is 5.35. The Bertz CT molecular complexity index is 401. The predicted octanol–water partition coefficient (Wildman–Crippen LogP) is 3.26. The number of hydrogen-bond donors (Lipinski definition) is 1. The predicted molar refractivity (Wildman–Crippen MR) is 70.2 cm³/mol. The van der Waals surface area contributed by atoms with Gasteiger partial charge in [0.1, 0.15) is 0 Å². The first kappa shape index (κ1) is 12.3. The van der Waals surface area contributed by atoms with Crippen LogP contribution in [-0.2, 0) is 0 Å². The van der Waals surface area contributed by atoms with Crippen molar-refractivity contribution in [2.75, 3.05) is 0 Å². The van der Waals surface area contributed by atoms with E-state index in [1.54, 1.807) is 6.92 Å². The lowest BCUT2D eigenvalue weighted by Gasteiger charge is -2.26. The fourth-order valence-corrected chi connectivity index (χ4v) is 2.14. The van der Waals surface area contributed by atoms with E-state index in [0.717, 1.165) is 11.5 Å². The van der Waals surface area contributed by atoms with Gasteiger partial charge < -0.3 is 5.73 Å². The monoisotopic (exact) mass is 231 g/mol. The van der Waals surface area contributed by atoms with Crippen molar-refractivity contribution < 1.29 is 4.79 Å². The highest BCUT2D eigenvalue weighted by molar-refractivity contribution is 6.02. The van der Waals surface area contributed by atoms with Crippen molar-refractivity contribution in [2.45, 2.75) is 51.0 Å². The van der Waals surface area contributed by atoms with Gasteiger partial charge >= 0.3 is 0 Å². The van der Waals surface area contributed by atoms with Crippen LogP contribution in [0, 0.1) is 0 Å². The molecule has 1 saturated carbocycles. The molecule has 0 radical (unpaired) electrons. The average Bonchev–Trinajstić information content (AvgIpc) is 2.27. The Balaban J connectivity index is 2.14. The van der Waals surface area contributed by atoms with Gasteiger partial charge in [0.2, 0.25) is 0 Å². The molecule has 2 N–H and O–H groups in total. The van der Waals surface area contributed by atoms with Crippen molar-refractivity contribution in [3.8, 4) is 0 Å². The summed E-state index contributed by atoms with van der Waals surface area (Å²) >= 11 is 0. The molecule has 1 aromatic carbocycles. The molecule has 17 heavy (non-hydrogen) atoms. The normalized spacial score (nSPS) is 19.5. The van der Waals surface area contributed by atoms with E-state index in [1.807, 2.05) is 19.1 Å². The van der Waals surface area contributed by atoms with Crippen LogP contribution in [0.4, 0.5) is 0 Å². The molecule has 0 saturated heterocycles. The zero-order valence-corrected chi connectivity index (χ0v) is 10.7. The Labute approximate surface area is 103 Å². The van der Waals surface area contributed by atoms with Crippen LogP contribution in [0.15, 0.2) is 24.3 Å². The smallest absolute Gasteiger partial charge is 0.182 e. The van der Waals surface area contributed by atoms with Gasteiger partial charge in [0.15, 0.2) is 5.78 Å². The van der Waals surface area contributed by atoms with Crippen LogP contribution in [0.3, 0.4) is 0 Å². The Hall–Kier alpha value is -1.15. The summed E-state index contributed by atoms with van der Waals surface area (Å²) in [6.45, 7) is 3.75. The molecule has 0 bridgehead atoms. The Morgan fingerprint density at radius 1 is 1.35 bits per heavy atom. The minimum atomic E-state index is -0.738. The molecule has 2 rings (SSSR count). The van der Waals surface area contributed by atoms with Crippen LogP contribution < -0.4 is 5.73 Å². The van der Waals surface area contributed by atoms with E-state index in [1.165, 1.54) is 24.8 Å². The van der Waals surface area contributed by atoms with Crippen molar-refractivity contribution >= 4 is 5.78 Å². The number of nitrogens with two attached hydrogens (primary N) is 1. The van der Waals surface area contributed by atoms with Gasteiger partial charge in [0, 0.05) is 5.56 Å². The number of benzene rings is 1. The SMILES string of the molecule is CCC(C)(N)C(=O)c1ccc(C2CCC2)cc1. The van der Waals surface area contributed by atoms with Gasteiger partial charge in [-0.05, 0) is 37.7 Å². The number of Topliss-reactive ketones (excluding diaryl/α,β-unsaturated/α-hetero) is 1. The number of ketones is 1. The molecular weight excluding hydrogens is 210 g/mol. The van der Waals surface area contributed by atoms with Crippen molar-refractivity contribution in [2.24, 2.45) is 5.73 Å². The Morgan fingerprint density at radius 2 is 1.94 bits per heavy atom. The lowest BCUT2D eigenvalue weighted by molar-refractivity contribution is 0.0898. The maximum absolute atomic E-state index is 12.1. The highest BCUT2D eigenvalue weighted by atomic mass is 16.1. The molecule has 0 heterocycles. The molecule has 0 spiro atoms. The van der Waals surface area contributed by atoms with Crippen molar-refractivity contribution in [1.82, 2.24) is 0 Å². The molecular formula is C15H21NO. The van der Waals surface area contributed by atoms with Crippen LogP contribution in [0.5, 0.6) is 0 Å². The molecule has 2 heteroatoms. The summed E-state index contributed by atoms with van der Waals surface area (Å²) in [4.78, 5) is 12.1. The van der Waals surface area contributed by atoms with E-state index in [2.05, 4.69) is 12.1 Å². The highest BCUT2D eigenvalue weighted by Crippen LogP contribution is 2.36. The Morgan fingerprint density at radius 3 is 2.35 bits per heavy atom. The molecule has 92 valence electrons. The van der Waals surface area contributed by atoms with Crippen molar-refractivity contribution in [3.05, 3.63) is 35.4 Å². The average molecular weight is 231 g/mol. The number of rotatable bonds is 4. The van der Waals surface area contributed by atoms with Gasteiger partial charge in [-0.1, -0.05) is 37.6 Å². The maximum atomic E-state index is 12.1. The highest BCUT2D eigenvalue weighted by Gasteiger charge is 2.27. The molecule has 0 aliphatic heterocycles. The molecule has 2 nitrogen and oxygen atoms in total. The van der Waals surface area contributed by atoms with Crippen molar-refractivity contribution in [3.63, 3.8) is 0 Å².